The van der Waals surface area contributed by atoms with E-state index in [1.54, 1.807) is 18.2 Å². The molecule has 0 bridgehead atoms. The van der Waals surface area contributed by atoms with Crippen LogP contribution in [0.1, 0.15) is 17.0 Å². The SMILES string of the molecule is O=C(c1cc2cc(Cl)ccc2o1)N1CCCSCC1. The molecule has 2 aromatic rings. The van der Waals surface area contributed by atoms with Crippen molar-refractivity contribution in [2.75, 3.05) is 24.6 Å². The lowest BCUT2D eigenvalue weighted by atomic mass is 10.2. The van der Waals surface area contributed by atoms with Crippen molar-refractivity contribution >= 4 is 40.2 Å². The van der Waals surface area contributed by atoms with Gasteiger partial charge in [0.05, 0.1) is 0 Å². The number of nitrogens with zero attached hydrogens (tertiary/aromatic N) is 1. The molecular weight excluding hydrogens is 282 g/mol. The fourth-order valence-electron chi connectivity index (χ4n) is 2.22. The average Bonchev–Trinajstić information content (AvgIpc) is 2.64. The first kappa shape index (κ1) is 12.9. The molecule has 2 heterocycles. The summed E-state index contributed by atoms with van der Waals surface area (Å²) in [7, 11) is 0. The molecule has 1 saturated heterocycles. The molecule has 19 heavy (non-hydrogen) atoms. The van der Waals surface area contributed by atoms with Crippen LogP contribution in [0.15, 0.2) is 28.7 Å². The second-order valence-corrected chi connectivity index (χ2v) is 6.21. The van der Waals surface area contributed by atoms with Gasteiger partial charge in [0.15, 0.2) is 5.76 Å². The number of carbonyl (C=O) groups is 1. The molecule has 0 N–H and O–H groups in total. The minimum atomic E-state index is -0.0187. The topological polar surface area (TPSA) is 33.5 Å². The Morgan fingerprint density at radius 2 is 2.16 bits per heavy atom. The Balaban J connectivity index is 1.88. The Morgan fingerprint density at radius 1 is 1.26 bits per heavy atom. The van der Waals surface area contributed by atoms with E-state index in [4.69, 9.17) is 16.0 Å². The number of amides is 1. The van der Waals surface area contributed by atoms with E-state index < -0.39 is 0 Å². The highest BCUT2D eigenvalue weighted by Gasteiger charge is 2.20. The summed E-state index contributed by atoms with van der Waals surface area (Å²) in [6.07, 6.45) is 1.04. The summed E-state index contributed by atoms with van der Waals surface area (Å²) in [4.78, 5) is 14.3. The number of hydrogen-bond donors (Lipinski definition) is 0. The molecule has 0 atom stereocenters. The van der Waals surface area contributed by atoms with Gasteiger partial charge in [0, 0.05) is 29.3 Å². The molecule has 100 valence electrons. The van der Waals surface area contributed by atoms with E-state index >= 15 is 0 Å². The van der Waals surface area contributed by atoms with Crippen molar-refractivity contribution in [2.24, 2.45) is 0 Å². The highest BCUT2D eigenvalue weighted by atomic mass is 35.5. The maximum atomic E-state index is 12.4. The number of hydrogen-bond acceptors (Lipinski definition) is 3. The lowest BCUT2D eigenvalue weighted by molar-refractivity contribution is 0.0739. The van der Waals surface area contributed by atoms with Gasteiger partial charge in [0.2, 0.25) is 0 Å². The molecule has 0 spiro atoms. The Labute approximate surface area is 120 Å². The summed E-state index contributed by atoms with van der Waals surface area (Å²) in [5.41, 5.74) is 0.706. The lowest BCUT2D eigenvalue weighted by Crippen LogP contribution is -2.32. The van der Waals surface area contributed by atoms with E-state index in [0.717, 1.165) is 36.4 Å². The molecule has 0 saturated carbocycles. The molecule has 1 aromatic heterocycles. The van der Waals surface area contributed by atoms with E-state index in [9.17, 15) is 4.79 Å². The zero-order valence-corrected chi connectivity index (χ0v) is 12.0. The van der Waals surface area contributed by atoms with Crippen LogP contribution < -0.4 is 0 Å². The third-order valence-corrected chi connectivity index (χ3v) is 4.48. The smallest absolute Gasteiger partial charge is 0.289 e. The summed E-state index contributed by atoms with van der Waals surface area (Å²) < 4.78 is 5.62. The fourth-order valence-corrected chi connectivity index (χ4v) is 3.29. The number of furan rings is 1. The van der Waals surface area contributed by atoms with Crippen molar-refractivity contribution in [3.05, 3.63) is 35.0 Å². The van der Waals surface area contributed by atoms with Gasteiger partial charge in [-0.05, 0) is 36.4 Å². The van der Waals surface area contributed by atoms with Crippen LogP contribution in [0.4, 0.5) is 0 Å². The van der Waals surface area contributed by atoms with Crippen molar-refractivity contribution in [1.82, 2.24) is 4.90 Å². The van der Waals surface area contributed by atoms with Gasteiger partial charge < -0.3 is 9.32 Å². The van der Waals surface area contributed by atoms with Crippen molar-refractivity contribution < 1.29 is 9.21 Å². The quantitative estimate of drug-likeness (QED) is 0.805. The monoisotopic (exact) mass is 295 g/mol. The third kappa shape index (κ3) is 2.74. The minimum Gasteiger partial charge on any atom is -0.451 e. The van der Waals surface area contributed by atoms with E-state index in [-0.39, 0.29) is 5.91 Å². The molecule has 0 radical (unpaired) electrons. The van der Waals surface area contributed by atoms with Crippen molar-refractivity contribution in [3.63, 3.8) is 0 Å². The van der Waals surface area contributed by atoms with Crippen LogP contribution in [0, 0.1) is 0 Å². The predicted molar refractivity (Wildman–Crippen MR) is 79.1 cm³/mol. The molecule has 1 fully saturated rings. The van der Waals surface area contributed by atoms with Crippen molar-refractivity contribution in [2.45, 2.75) is 6.42 Å². The first-order chi connectivity index (χ1) is 9.24. The van der Waals surface area contributed by atoms with E-state index in [1.165, 1.54) is 0 Å². The van der Waals surface area contributed by atoms with Gasteiger partial charge in [-0.1, -0.05) is 11.6 Å². The standard InChI is InChI=1S/C14H14ClNO2S/c15-11-2-3-12-10(8-11)9-13(18-12)14(17)16-4-1-6-19-7-5-16/h2-3,8-9H,1,4-7H2. The van der Waals surface area contributed by atoms with E-state index in [0.29, 0.717) is 16.4 Å². The van der Waals surface area contributed by atoms with Crippen LogP contribution in [0.25, 0.3) is 11.0 Å². The summed E-state index contributed by atoms with van der Waals surface area (Å²) >= 11 is 7.84. The summed E-state index contributed by atoms with van der Waals surface area (Å²) in [5.74, 6) is 2.51. The van der Waals surface area contributed by atoms with Gasteiger partial charge in [-0.25, -0.2) is 0 Å². The second-order valence-electron chi connectivity index (χ2n) is 4.55. The molecule has 3 nitrogen and oxygen atoms in total. The second kappa shape index (κ2) is 5.47. The number of carbonyl (C=O) groups excluding carboxylic acids is 1. The normalized spacial score (nSPS) is 16.6. The van der Waals surface area contributed by atoms with Crippen LogP contribution in [0.3, 0.4) is 0 Å². The van der Waals surface area contributed by atoms with E-state index in [1.807, 2.05) is 22.7 Å². The molecule has 3 rings (SSSR count). The van der Waals surface area contributed by atoms with Crippen LogP contribution in [0.2, 0.25) is 5.02 Å². The first-order valence-corrected chi connectivity index (χ1v) is 7.83. The van der Waals surface area contributed by atoms with Crippen LogP contribution in [-0.4, -0.2) is 35.4 Å². The predicted octanol–water partition coefficient (Wildman–Crippen LogP) is 3.67. The zero-order valence-electron chi connectivity index (χ0n) is 10.4. The average molecular weight is 296 g/mol. The molecule has 0 unspecified atom stereocenters. The molecule has 0 aliphatic carbocycles. The first-order valence-electron chi connectivity index (χ1n) is 6.30. The number of fused-ring (bicyclic) bond motifs is 1. The van der Waals surface area contributed by atoms with Crippen molar-refractivity contribution in [3.8, 4) is 0 Å². The van der Waals surface area contributed by atoms with Crippen LogP contribution in [-0.2, 0) is 0 Å². The Hall–Kier alpha value is -1.13. The maximum absolute atomic E-state index is 12.4. The Bertz CT molecular complexity index is 603. The molecule has 1 aliphatic rings. The maximum Gasteiger partial charge on any atom is 0.289 e. The summed E-state index contributed by atoms with van der Waals surface area (Å²) in [6, 6.07) is 7.16. The number of thioether (sulfide) groups is 1. The molecule has 1 aromatic carbocycles. The van der Waals surface area contributed by atoms with Crippen LogP contribution >= 0.6 is 23.4 Å². The number of halogens is 1. The van der Waals surface area contributed by atoms with Gasteiger partial charge in [0.1, 0.15) is 5.58 Å². The van der Waals surface area contributed by atoms with Gasteiger partial charge >= 0.3 is 0 Å². The molecule has 1 amide bonds. The lowest BCUT2D eigenvalue weighted by Gasteiger charge is -2.18. The Morgan fingerprint density at radius 3 is 3.05 bits per heavy atom. The summed E-state index contributed by atoms with van der Waals surface area (Å²) in [5, 5.41) is 1.53. The largest absolute Gasteiger partial charge is 0.451 e. The Kier molecular flexibility index (Phi) is 3.71. The molecule has 1 aliphatic heterocycles. The zero-order chi connectivity index (χ0) is 13.2. The van der Waals surface area contributed by atoms with Gasteiger partial charge in [-0.15, -0.1) is 0 Å². The van der Waals surface area contributed by atoms with Crippen molar-refractivity contribution in [1.29, 1.82) is 0 Å². The van der Waals surface area contributed by atoms with Crippen LogP contribution in [0.5, 0.6) is 0 Å². The van der Waals surface area contributed by atoms with E-state index in [2.05, 4.69) is 0 Å². The minimum absolute atomic E-state index is 0.0187. The fraction of sp³-hybridized carbons (Fsp3) is 0.357. The molecule has 5 heteroatoms. The molecular formula is C14H14ClNO2S. The highest BCUT2D eigenvalue weighted by molar-refractivity contribution is 7.99. The highest BCUT2D eigenvalue weighted by Crippen LogP contribution is 2.24. The number of rotatable bonds is 1. The van der Waals surface area contributed by atoms with Gasteiger partial charge in [-0.2, -0.15) is 11.8 Å². The van der Waals surface area contributed by atoms with Gasteiger partial charge in [-0.3, -0.25) is 4.79 Å². The third-order valence-electron chi connectivity index (χ3n) is 3.20. The summed E-state index contributed by atoms with van der Waals surface area (Å²) in [6.45, 7) is 1.60. The van der Waals surface area contributed by atoms with Gasteiger partial charge in [0.25, 0.3) is 5.91 Å². The number of benzene rings is 1.